The van der Waals surface area contributed by atoms with Crippen LogP contribution in [0.1, 0.15) is 32.8 Å². The third-order valence-corrected chi connectivity index (χ3v) is 5.73. The van der Waals surface area contributed by atoms with Crippen molar-refractivity contribution in [1.82, 2.24) is 9.03 Å². The molecule has 0 amide bonds. The summed E-state index contributed by atoms with van der Waals surface area (Å²) in [5.41, 5.74) is -0.949. The van der Waals surface area contributed by atoms with E-state index < -0.39 is 21.6 Å². The Morgan fingerprint density at radius 2 is 1.78 bits per heavy atom. The molecule has 1 aliphatic heterocycles. The van der Waals surface area contributed by atoms with E-state index in [-0.39, 0.29) is 6.54 Å². The normalized spacial score (nSPS) is 26.0. The molecule has 2 N–H and O–H groups in total. The quantitative estimate of drug-likeness (QED) is 0.856. The number of piperidine rings is 1. The second kappa shape index (κ2) is 6.84. The van der Waals surface area contributed by atoms with Gasteiger partial charge in [0.05, 0.1) is 0 Å². The summed E-state index contributed by atoms with van der Waals surface area (Å²) in [5.74, 6) is 0.224. The summed E-state index contributed by atoms with van der Waals surface area (Å²) in [4.78, 5) is 0. The SMILES string of the molecule is CC1CC(C)CN(S(=O)(=O)NCC(C)(O)c2ccc(F)cc2)C1. The predicted octanol–water partition coefficient (Wildman–Crippen LogP) is 1.85. The van der Waals surface area contributed by atoms with Crippen molar-refractivity contribution in [3.8, 4) is 0 Å². The molecular weight excluding hydrogens is 319 g/mol. The van der Waals surface area contributed by atoms with Crippen LogP contribution in [0, 0.1) is 17.7 Å². The molecule has 1 aromatic rings. The molecule has 0 aromatic heterocycles. The van der Waals surface area contributed by atoms with Gasteiger partial charge in [0.25, 0.3) is 10.2 Å². The minimum atomic E-state index is -3.65. The Morgan fingerprint density at radius 1 is 1.26 bits per heavy atom. The van der Waals surface area contributed by atoms with Crippen molar-refractivity contribution < 1.29 is 17.9 Å². The summed E-state index contributed by atoms with van der Waals surface area (Å²) >= 11 is 0. The molecular formula is C16H25FN2O3S. The van der Waals surface area contributed by atoms with Crippen molar-refractivity contribution in [2.75, 3.05) is 19.6 Å². The van der Waals surface area contributed by atoms with E-state index in [1.807, 2.05) is 13.8 Å². The Kier molecular flexibility index (Phi) is 5.45. The summed E-state index contributed by atoms with van der Waals surface area (Å²) in [6.07, 6.45) is 1.01. The van der Waals surface area contributed by atoms with Crippen LogP contribution in [-0.4, -0.2) is 37.5 Å². The number of nitrogens with one attached hydrogen (secondary N) is 1. The van der Waals surface area contributed by atoms with Crippen molar-refractivity contribution in [3.05, 3.63) is 35.6 Å². The van der Waals surface area contributed by atoms with Crippen LogP contribution in [0.4, 0.5) is 4.39 Å². The molecule has 1 aliphatic rings. The minimum absolute atomic E-state index is 0.166. The van der Waals surface area contributed by atoms with Crippen LogP contribution < -0.4 is 4.72 Å². The minimum Gasteiger partial charge on any atom is -0.384 e. The molecule has 0 spiro atoms. The van der Waals surface area contributed by atoms with Gasteiger partial charge in [-0.2, -0.15) is 17.4 Å². The highest BCUT2D eigenvalue weighted by Crippen LogP contribution is 2.24. The van der Waals surface area contributed by atoms with Crippen molar-refractivity contribution in [1.29, 1.82) is 0 Å². The van der Waals surface area contributed by atoms with Crippen LogP contribution in [0.25, 0.3) is 0 Å². The number of hydrogen-bond acceptors (Lipinski definition) is 3. The maximum Gasteiger partial charge on any atom is 0.279 e. The summed E-state index contributed by atoms with van der Waals surface area (Å²) in [6, 6.07) is 5.39. The van der Waals surface area contributed by atoms with Gasteiger partial charge in [-0.25, -0.2) is 4.39 Å². The molecule has 7 heteroatoms. The average Bonchev–Trinajstić information content (AvgIpc) is 2.45. The van der Waals surface area contributed by atoms with E-state index in [2.05, 4.69) is 4.72 Å². The lowest BCUT2D eigenvalue weighted by atomic mass is 9.94. The van der Waals surface area contributed by atoms with Crippen LogP contribution in [0.15, 0.2) is 24.3 Å². The van der Waals surface area contributed by atoms with Crippen LogP contribution in [0.2, 0.25) is 0 Å². The van der Waals surface area contributed by atoms with Gasteiger partial charge in [-0.3, -0.25) is 0 Å². The van der Waals surface area contributed by atoms with Crippen molar-refractivity contribution in [3.63, 3.8) is 0 Å². The largest absolute Gasteiger partial charge is 0.384 e. The highest BCUT2D eigenvalue weighted by molar-refractivity contribution is 7.87. The zero-order valence-electron chi connectivity index (χ0n) is 13.8. The number of halogens is 1. The summed E-state index contributed by atoms with van der Waals surface area (Å²) in [7, 11) is -3.65. The Balaban J connectivity index is 2.04. The lowest BCUT2D eigenvalue weighted by Gasteiger charge is -2.35. The number of nitrogens with zero attached hydrogens (tertiary/aromatic N) is 1. The van der Waals surface area contributed by atoms with Crippen LogP contribution in [0.5, 0.6) is 0 Å². The smallest absolute Gasteiger partial charge is 0.279 e. The van der Waals surface area contributed by atoms with Gasteiger partial charge < -0.3 is 5.11 Å². The fraction of sp³-hybridized carbons (Fsp3) is 0.625. The zero-order chi connectivity index (χ0) is 17.3. The molecule has 2 rings (SSSR count). The van der Waals surface area contributed by atoms with Crippen molar-refractivity contribution >= 4 is 10.2 Å². The number of aliphatic hydroxyl groups is 1. The van der Waals surface area contributed by atoms with Crippen LogP contribution >= 0.6 is 0 Å². The number of rotatable bonds is 5. The van der Waals surface area contributed by atoms with Crippen LogP contribution in [-0.2, 0) is 15.8 Å². The van der Waals surface area contributed by atoms with Gasteiger partial charge >= 0.3 is 0 Å². The maximum atomic E-state index is 13.0. The molecule has 130 valence electrons. The van der Waals surface area contributed by atoms with Gasteiger partial charge in [-0.05, 0) is 42.9 Å². The van der Waals surface area contributed by atoms with E-state index in [0.717, 1.165) is 6.42 Å². The van der Waals surface area contributed by atoms with Gasteiger partial charge in [0.2, 0.25) is 0 Å². The van der Waals surface area contributed by atoms with E-state index in [0.29, 0.717) is 30.5 Å². The molecule has 0 aliphatic carbocycles. The Labute approximate surface area is 137 Å². The molecule has 0 bridgehead atoms. The molecule has 0 radical (unpaired) electrons. The predicted molar refractivity (Wildman–Crippen MR) is 87.4 cm³/mol. The van der Waals surface area contributed by atoms with E-state index in [1.54, 1.807) is 0 Å². The molecule has 1 heterocycles. The van der Waals surface area contributed by atoms with Gasteiger partial charge in [0.15, 0.2) is 0 Å². The molecule has 0 saturated carbocycles. The maximum absolute atomic E-state index is 13.0. The summed E-state index contributed by atoms with van der Waals surface area (Å²) < 4.78 is 41.8. The van der Waals surface area contributed by atoms with Gasteiger partial charge in [-0.15, -0.1) is 0 Å². The Morgan fingerprint density at radius 3 is 2.30 bits per heavy atom. The molecule has 5 nitrogen and oxygen atoms in total. The fourth-order valence-corrected chi connectivity index (χ4v) is 4.58. The second-order valence-electron chi connectivity index (χ2n) is 6.87. The van der Waals surface area contributed by atoms with Crippen molar-refractivity contribution in [2.45, 2.75) is 32.8 Å². The topological polar surface area (TPSA) is 69.6 Å². The highest BCUT2D eigenvalue weighted by atomic mass is 32.2. The molecule has 1 aromatic carbocycles. The van der Waals surface area contributed by atoms with E-state index in [9.17, 15) is 17.9 Å². The van der Waals surface area contributed by atoms with Gasteiger partial charge in [0, 0.05) is 19.6 Å². The molecule has 23 heavy (non-hydrogen) atoms. The third-order valence-electron chi connectivity index (χ3n) is 4.24. The molecule has 3 unspecified atom stereocenters. The lowest BCUT2D eigenvalue weighted by Crippen LogP contribution is -2.50. The van der Waals surface area contributed by atoms with E-state index in [1.165, 1.54) is 35.5 Å². The standard InChI is InChI=1S/C16H25FN2O3S/c1-12-8-13(2)10-19(9-12)23(21,22)18-11-16(3,20)14-4-6-15(17)7-5-14/h4-7,12-13,18,20H,8-11H2,1-3H3. The first kappa shape index (κ1) is 18.3. The van der Waals surface area contributed by atoms with E-state index in [4.69, 9.17) is 0 Å². The first-order chi connectivity index (χ1) is 10.6. The number of benzene rings is 1. The second-order valence-corrected chi connectivity index (χ2v) is 8.63. The zero-order valence-corrected chi connectivity index (χ0v) is 14.6. The fourth-order valence-electron chi connectivity index (χ4n) is 3.04. The summed E-state index contributed by atoms with van der Waals surface area (Å²) in [5, 5.41) is 10.5. The first-order valence-corrected chi connectivity index (χ1v) is 9.27. The first-order valence-electron chi connectivity index (χ1n) is 7.83. The van der Waals surface area contributed by atoms with E-state index >= 15 is 0 Å². The molecule has 1 fully saturated rings. The van der Waals surface area contributed by atoms with Crippen molar-refractivity contribution in [2.24, 2.45) is 11.8 Å². The summed E-state index contributed by atoms with van der Waals surface area (Å²) in [6.45, 7) is 6.38. The molecule has 1 saturated heterocycles. The van der Waals surface area contributed by atoms with Crippen LogP contribution in [0.3, 0.4) is 0 Å². The monoisotopic (exact) mass is 344 g/mol. The average molecular weight is 344 g/mol. The molecule has 3 atom stereocenters. The third kappa shape index (κ3) is 4.73. The van der Waals surface area contributed by atoms with Gasteiger partial charge in [-0.1, -0.05) is 26.0 Å². The number of hydrogen-bond donors (Lipinski definition) is 2. The Bertz CT molecular complexity index is 621. The van der Waals surface area contributed by atoms with Gasteiger partial charge in [0.1, 0.15) is 11.4 Å². The lowest BCUT2D eigenvalue weighted by molar-refractivity contribution is 0.0619. The highest BCUT2D eigenvalue weighted by Gasteiger charge is 2.32. The Hall–Kier alpha value is -1.02.